The SMILES string of the molecule is COc1cc(CN2CCC(O)(c3cn[nH]n3)C2)cc(Cl)c1OC. The van der Waals surface area contributed by atoms with Crippen molar-refractivity contribution in [2.24, 2.45) is 0 Å². The van der Waals surface area contributed by atoms with E-state index in [4.69, 9.17) is 21.1 Å². The van der Waals surface area contributed by atoms with Gasteiger partial charge in [-0.2, -0.15) is 15.4 Å². The molecule has 0 amide bonds. The number of likely N-dealkylation sites (tertiary alicyclic amines) is 1. The minimum atomic E-state index is -0.965. The molecule has 1 unspecified atom stereocenters. The molecule has 3 rings (SSSR count). The number of hydrogen-bond acceptors (Lipinski definition) is 6. The number of benzene rings is 1. The highest BCUT2D eigenvalue weighted by molar-refractivity contribution is 6.32. The first-order valence-corrected chi connectivity index (χ1v) is 7.65. The third kappa shape index (κ3) is 3.12. The monoisotopic (exact) mass is 338 g/mol. The average molecular weight is 339 g/mol. The first kappa shape index (κ1) is 16.0. The van der Waals surface area contributed by atoms with Crippen molar-refractivity contribution in [1.82, 2.24) is 20.3 Å². The van der Waals surface area contributed by atoms with Crippen LogP contribution in [0.1, 0.15) is 17.7 Å². The third-order valence-corrected chi connectivity index (χ3v) is 4.40. The Hall–Kier alpha value is -1.83. The van der Waals surface area contributed by atoms with Crippen molar-refractivity contribution in [1.29, 1.82) is 0 Å². The van der Waals surface area contributed by atoms with Crippen LogP contribution in [-0.4, -0.2) is 52.7 Å². The Bertz CT molecular complexity index is 680. The van der Waals surface area contributed by atoms with E-state index in [2.05, 4.69) is 20.3 Å². The number of rotatable bonds is 5. The summed E-state index contributed by atoms with van der Waals surface area (Å²) in [5, 5.41) is 21.5. The van der Waals surface area contributed by atoms with Gasteiger partial charge in [-0.25, -0.2) is 0 Å². The second kappa shape index (κ2) is 6.35. The lowest BCUT2D eigenvalue weighted by atomic mass is 10.00. The van der Waals surface area contributed by atoms with E-state index in [1.807, 2.05) is 12.1 Å². The molecular weight excluding hydrogens is 320 g/mol. The van der Waals surface area contributed by atoms with Crippen LogP contribution in [0, 0.1) is 0 Å². The van der Waals surface area contributed by atoms with Gasteiger partial charge in [0.2, 0.25) is 0 Å². The van der Waals surface area contributed by atoms with E-state index in [1.54, 1.807) is 20.4 Å². The molecule has 2 N–H and O–H groups in total. The van der Waals surface area contributed by atoms with E-state index < -0.39 is 5.60 Å². The lowest BCUT2D eigenvalue weighted by molar-refractivity contribution is 0.0408. The second-order valence-electron chi connectivity index (χ2n) is 5.66. The number of ether oxygens (including phenoxy) is 2. The molecular formula is C15H19ClN4O3. The van der Waals surface area contributed by atoms with Crippen LogP contribution < -0.4 is 9.47 Å². The molecule has 1 atom stereocenters. The Labute approximate surface area is 139 Å². The fourth-order valence-corrected chi connectivity index (χ4v) is 3.27. The molecule has 1 aromatic heterocycles. The standard InChI is InChI=1S/C15H19ClN4O3/c1-22-12-6-10(5-11(16)14(12)23-2)8-20-4-3-15(21,9-20)13-7-17-19-18-13/h5-7,21H,3-4,8-9H2,1-2H3,(H,17,18,19). The van der Waals surface area contributed by atoms with Crippen LogP contribution in [0.2, 0.25) is 5.02 Å². The quantitative estimate of drug-likeness (QED) is 0.861. The number of halogens is 1. The van der Waals surface area contributed by atoms with Gasteiger partial charge in [0.25, 0.3) is 0 Å². The van der Waals surface area contributed by atoms with Crippen LogP contribution in [0.5, 0.6) is 11.5 Å². The van der Waals surface area contributed by atoms with Gasteiger partial charge in [-0.1, -0.05) is 11.6 Å². The smallest absolute Gasteiger partial charge is 0.179 e. The Morgan fingerprint density at radius 2 is 2.22 bits per heavy atom. The molecule has 0 spiro atoms. The van der Waals surface area contributed by atoms with Crippen molar-refractivity contribution >= 4 is 11.6 Å². The van der Waals surface area contributed by atoms with Crippen molar-refractivity contribution in [2.45, 2.75) is 18.6 Å². The summed E-state index contributed by atoms with van der Waals surface area (Å²) in [7, 11) is 3.14. The number of β-amino-alcohol motifs (C(OH)–C–C–N with tert-alkyl or cyclic N) is 1. The summed E-state index contributed by atoms with van der Waals surface area (Å²) in [6.07, 6.45) is 2.18. The normalized spacial score (nSPS) is 21.6. The molecule has 124 valence electrons. The first-order valence-electron chi connectivity index (χ1n) is 7.27. The van der Waals surface area contributed by atoms with Crippen LogP contribution in [0.15, 0.2) is 18.3 Å². The average Bonchev–Trinajstić information content (AvgIpc) is 3.17. The summed E-state index contributed by atoms with van der Waals surface area (Å²) in [5.74, 6) is 1.12. The van der Waals surface area contributed by atoms with E-state index in [0.717, 1.165) is 12.1 Å². The summed E-state index contributed by atoms with van der Waals surface area (Å²) in [5.41, 5.74) is 0.607. The van der Waals surface area contributed by atoms with E-state index in [-0.39, 0.29) is 0 Å². The van der Waals surface area contributed by atoms with E-state index in [0.29, 0.717) is 41.7 Å². The van der Waals surface area contributed by atoms with Crippen molar-refractivity contribution in [3.63, 3.8) is 0 Å². The van der Waals surface area contributed by atoms with Crippen LogP contribution >= 0.6 is 11.6 Å². The van der Waals surface area contributed by atoms with E-state index in [1.165, 1.54) is 0 Å². The number of H-pyrrole nitrogens is 1. The van der Waals surface area contributed by atoms with Gasteiger partial charge < -0.3 is 14.6 Å². The van der Waals surface area contributed by atoms with Gasteiger partial charge in [0.05, 0.1) is 25.4 Å². The molecule has 0 bridgehead atoms. The molecule has 0 aliphatic carbocycles. The molecule has 1 saturated heterocycles. The number of hydrogen-bond donors (Lipinski definition) is 2. The molecule has 0 radical (unpaired) electrons. The molecule has 0 saturated carbocycles. The zero-order valence-corrected chi connectivity index (χ0v) is 13.8. The predicted molar refractivity (Wildman–Crippen MR) is 84.7 cm³/mol. The molecule has 1 fully saturated rings. The van der Waals surface area contributed by atoms with Gasteiger partial charge in [-0.3, -0.25) is 4.90 Å². The summed E-state index contributed by atoms with van der Waals surface area (Å²) in [6, 6.07) is 3.76. The maximum Gasteiger partial charge on any atom is 0.179 e. The number of methoxy groups -OCH3 is 2. The largest absolute Gasteiger partial charge is 0.493 e. The highest BCUT2D eigenvalue weighted by Crippen LogP contribution is 2.37. The van der Waals surface area contributed by atoms with Gasteiger partial charge in [0, 0.05) is 19.6 Å². The highest BCUT2D eigenvalue weighted by atomic mass is 35.5. The lowest BCUT2D eigenvalue weighted by Gasteiger charge is -2.21. The van der Waals surface area contributed by atoms with Crippen LogP contribution in [0.3, 0.4) is 0 Å². The summed E-state index contributed by atoms with van der Waals surface area (Å²) >= 11 is 6.24. The Balaban J connectivity index is 1.75. The second-order valence-corrected chi connectivity index (χ2v) is 6.07. The molecule has 23 heavy (non-hydrogen) atoms. The Kier molecular flexibility index (Phi) is 4.43. The van der Waals surface area contributed by atoms with Crippen LogP contribution in [0.4, 0.5) is 0 Å². The summed E-state index contributed by atoms with van der Waals surface area (Å²) in [6.45, 7) is 1.90. The van der Waals surface area contributed by atoms with Gasteiger partial charge in [-0.05, 0) is 24.1 Å². The number of nitrogens with zero attached hydrogens (tertiary/aromatic N) is 3. The lowest BCUT2D eigenvalue weighted by Crippen LogP contribution is -2.31. The predicted octanol–water partition coefficient (Wildman–Crippen LogP) is 1.57. The Morgan fingerprint density at radius 1 is 1.39 bits per heavy atom. The van der Waals surface area contributed by atoms with Gasteiger partial charge >= 0.3 is 0 Å². The zero-order valence-electron chi connectivity index (χ0n) is 13.0. The summed E-state index contributed by atoms with van der Waals surface area (Å²) < 4.78 is 10.6. The topological polar surface area (TPSA) is 83.5 Å². The molecule has 1 aliphatic heterocycles. The Morgan fingerprint density at radius 3 is 2.87 bits per heavy atom. The van der Waals surface area contributed by atoms with E-state index >= 15 is 0 Å². The fourth-order valence-electron chi connectivity index (χ4n) is 2.96. The number of aliphatic hydroxyl groups is 1. The number of nitrogens with one attached hydrogen (secondary N) is 1. The van der Waals surface area contributed by atoms with Crippen molar-refractivity contribution < 1.29 is 14.6 Å². The molecule has 7 nitrogen and oxygen atoms in total. The van der Waals surface area contributed by atoms with E-state index in [9.17, 15) is 5.11 Å². The van der Waals surface area contributed by atoms with Crippen molar-refractivity contribution in [2.75, 3.05) is 27.3 Å². The minimum Gasteiger partial charge on any atom is -0.493 e. The summed E-state index contributed by atoms with van der Waals surface area (Å²) in [4.78, 5) is 2.15. The van der Waals surface area contributed by atoms with Gasteiger partial charge in [-0.15, -0.1) is 0 Å². The fraction of sp³-hybridized carbons (Fsp3) is 0.467. The molecule has 2 aromatic rings. The molecule has 2 heterocycles. The maximum absolute atomic E-state index is 10.7. The van der Waals surface area contributed by atoms with Gasteiger partial charge in [0.1, 0.15) is 11.3 Å². The molecule has 8 heteroatoms. The molecule has 1 aliphatic rings. The van der Waals surface area contributed by atoms with Crippen molar-refractivity contribution in [3.8, 4) is 11.5 Å². The third-order valence-electron chi connectivity index (χ3n) is 4.12. The van der Waals surface area contributed by atoms with Gasteiger partial charge in [0.15, 0.2) is 11.5 Å². The molecule has 1 aromatic carbocycles. The van der Waals surface area contributed by atoms with Crippen LogP contribution in [0.25, 0.3) is 0 Å². The zero-order chi connectivity index (χ0) is 16.4. The van der Waals surface area contributed by atoms with Crippen molar-refractivity contribution in [3.05, 3.63) is 34.6 Å². The first-order chi connectivity index (χ1) is 11.1. The minimum absolute atomic E-state index is 0.492. The highest BCUT2D eigenvalue weighted by Gasteiger charge is 2.39. The number of aromatic amines is 1. The van der Waals surface area contributed by atoms with Crippen LogP contribution in [-0.2, 0) is 12.1 Å². The number of aromatic nitrogens is 3. The maximum atomic E-state index is 10.7.